The van der Waals surface area contributed by atoms with Crippen molar-refractivity contribution in [2.45, 2.75) is 12.1 Å². The summed E-state index contributed by atoms with van der Waals surface area (Å²) >= 11 is 0. The first-order valence-corrected chi connectivity index (χ1v) is 2.64. The summed E-state index contributed by atoms with van der Waals surface area (Å²) in [4.78, 5) is 0. The van der Waals surface area contributed by atoms with E-state index in [1.54, 1.807) is 0 Å². The molecule has 1 nitrogen and oxygen atoms in total. The maximum Gasteiger partial charge on any atom is 0.301 e. The number of hydrogen-bond acceptors (Lipinski definition) is 1. The van der Waals surface area contributed by atoms with Gasteiger partial charge in [0.05, 0.1) is 0 Å². The zero-order chi connectivity index (χ0) is 7.78. The first-order chi connectivity index (χ1) is 4.52. The van der Waals surface area contributed by atoms with Gasteiger partial charge >= 0.3 is 5.92 Å². The van der Waals surface area contributed by atoms with E-state index < -0.39 is 17.9 Å². The molecular weight excluding hydrogens is 145 g/mol. The summed E-state index contributed by atoms with van der Waals surface area (Å²) in [5, 5.41) is 8.51. The van der Waals surface area contributed by atoms with Crippen LogP contribution in [0.5, 0.6) is 0 Å². The summed E-state index contributed by atoms with van der Waals surface area (Å²) in [5.74, 6) is -3.93. The number of rotatable bonds is 0. The fourth-order valence-corrected chi connectivity index (χ4v) is 0.605. The smallest absolute Gasteiger partial charge is 0.301 e. The van der Waals surface area contributed by atoms with Crippen molar-refractivity contribution in [2.75, 3.05) is 0 Å². The second-order valence-corrected chi connectivity index (χ2v) is 2.00. The molecule has 0 aliphatic heterocycles. The van der Waals surface area contributed by atoms with Crippen LogP contribution in [-0.2, 0) is 0 Å². The lowest BCUT2D eigenvalue weighted by molar-refractivity contribution is -0.00964. The number of aliphatic hydroxyl groups excluding tert-OH is 1. The van der Waals surface area contributed by atoms with Crippen LogP contribution in [-0.4, -0.2) is 17.2 Å². The van der Waals surface area contributed by atoms with E-state index in [1.807, 2.05) is 0 Å². The molecule has 1 unspecified atom stereocenters. The molecule has 1 aliphatic rings. The van der Waals surface area contributed by atoms with Gasteiger partial charge in [0.25, 0.3) is 0 Å². The Bertz CT molecular complexity index is 195. The van der Waals surface area contributed by atoms with Crippen LogP contribution in [0, 0.1) is 0 Å². The van der Waals surface area contributed by atoms with Gasteiger partial charge in [-0.05, 0) is 18.2 Å². The Hall–Kier alpha value is -0.930. The van der Waals surface area contributed by atoms with Crippen molar-refractivity contribution in [1.82, 2.24) is 0 Å². The van der Waals surface area contributed by atoms with Crippen LogP contribution < -0.4 is 0 Å². The zero-order valence-corrected chi connectivity index (χ0v) is 4.89. The molecule has 1 rings (SSSR count). The Kier molecular flexibility index (Phi) is 1.46. The lowest BCUT2D eigenvalue weighted by atomic mass is 10.1. The fraction of sp³-hybridized carbons (Fsp3) is 0.333. The number of halogens is 3. The normalized spacial score (nSPS) is 29.9. The Labute approximate surface area is 55.5 Å². The standard InChI is InChI=1S/C6H5F3O/c7-5-3-4(10)1-2-6(5,8)9/h1-3,5,10H. The fourth-order valence-electron chi connectivity index (χ4n) is 0.605. The van der Waals surface area contributed by atoms with Crippen LogP contribution in [0.15, 0.2) is 24.0 Å². The minimum Gasteiger partial charge on any atom is -0.508 e. The molecule has 4 heteroatoms. The molecule has 0 amide bonds. The van der Waals surface area contributed by atoms with E-state index in [0.717, 1.165) is 6.08 Å². The second-order valence-electron chi connectivity index (χ2n) is 2.00. The highest BCUT2D eigenvalue weighted by molar-refractivity contribution is 5.24. The highest BCUT2D eigenvalue weighted by Gasteiger charge is 2.38. The van der Waals surface area contributed by atoms with Crippen LogP contribution in [0.3, 0.4) is 0 Å². The van der Waals surface area contributed by atoms with Crippen molar-refractivity contribution in [3.63, 3.8) is 0 Å². The van der Waals surface area contributed by atoms with Crippen LogP contribution in [0.4, 0.5) is 13.2 Å². The average molecular weight is 150 g/mol. The van der Waals surface area contributed by atoms with Gasteiger partial charge in [0.1, 0.15) is 5.76 Å². The molecular formula is C6H5F3O. The van der Waals surface area contributed by atoms with Crippen molar-refractivity contribution >= 4 is 0 Å². The maximum absolute atomic E-state index is 12.2. The van der Waals surface area contributed by atoms with Crippen molar-refractivity contribution in [1.29, 1.82) is 0 Å². The highest BCUT2D eigenvalue weighted by Crippen LogP contribution is 2.28. The molecule has 0 heterocycles. The molecule has 1 N–H and O–H groups in total. The van der Waals surface area contributed by atoms with Crippen LogP contribution in [0.1, 0.15) is 0 Å². The molecule has 0 bridgehead atoms. The van der Waals surface area contributed by atoms with Crippen molar-refractivity contribution in [3.8, 4) is 0 Å². The Morgan fingerprint density at radius 1 is 1.50 bits per heavy atom. The van der Waals surface area contributed by atoms with E-state index in [0.29, 0.717) is 12.2 Å². The van der Waals surface area contributed by atoms with Crippen molar-refractivity contribution in [2.24, 2.45) is 0 Å². The molecule has 1 aliphatic carbocycles. The third-order valence-electron chi connectivity index (χ3n) is 1.16. The van der Waals surface area contributed by atoms with Gasteiger partial charge in [-0.2, -0.15) is 8.78 Å². The van der Waals surface area contributed by atoms with Crippen LogP contribution >= 0.6 is 0 Å². The van der Waals surface area contributed by atoms with E-state index in [2.05, 4.69) is 0 Å². The largest absolute Gasteiger partial charge is 0.508 e. The van der Waals surface area contributed by atoms with Crippen molar-refractivity contribution in [3.05, 3.63) is 24.0 Å². The summed E-state index contributed by atoms with van der Waals surface area (Å²) in [7, 11) is 0. The third kappa shape index (κ3) is 1.15. The summed E-state index contributed by atoms with van der Waals surface area (Å²) < 4.78 is 36.5. The Balaban J connectivity index is 2.84. The van der Waals surface area contributed by atoms with E-state index in [1.165, 1.54) is 0 Å². The number of hydrogen-bond donors (Lipinski definition) is 1. The van der Waals surface area contributed by atoms with Gasteiger partial charge in [0.15, 0.2) is 6.17 Å². The van der Waals surface area contributed by atoms with Gasteiger partial charge in [0.2, 0.25) is 0 Å². The molecule has 0 radical (unpaired) electrons. The number of alkyl halides is 3. The summed E-state index contributed by atoms with van der Waals surface area (Å²) in [5.41, 5.74) is 0. The Morgan fingerprint density at radius 2 is 2.10 bits per heavy atom. The van der Waals surface area contributed by atoms with Gasteiger partial charge in [-0.1, -0.05) is 0 Å². The highest BCUT2D eigenvalue weighted by atomic mass is 19.3. The molecule has 1 atom stereocenters. The molecule has 0 fully saturated rings. The lowest BCUT2D eigenvalue weighted by Gasteiger charge is -2.16. The minimum atomic E-state index is -3.47. The average Bonchev–Trinajstić information content (AvgIpc) is 1.81. The summed E-state index contributed by atoms with van der Waals surface area (Å²) in [6.07, 6.45) is -0.819. The van der Waals surface area contributed by atoms with Gasteiger partial charge < -0.3 is 5.11 Å². The summed E-state index contributed by atoms with van der Waals surface area (Å²) in [6.45, 7) is 0. The second kappa shape index (κ2) is 2.04. The van der Waals surface area contributed by atoms with E-state index in [9.17, 15) is 13.2 Å². The predicted octanol–water partition coefficient (Wildman–Crippen LogP) is 1.97. The SMILES string of the molecule is OC1=CC(F)C(F)(F)C=C1. The molecule has 0 aromatic carbocycles. The molecule has 56 valence electrons. The van der Waals surface area contributed by atoms with Crippen LogP contribution in [0.25, 0.3) is 0 Å². The predicted molar refractivity (Wildman–Crippen MR) is 29.7 cm³/mol. The van der Waals surface area contributed by atoms with Crippen LogP contribution in [0.2, 0.25) is 0 Å². The zero-order valence-electron chi connectivity index (χ0n) is 4.89. The first kappa shape index (κ1) is 7.18. The third-order valence-corrected chi connectivity index (χ3v) is 1.16. The maximum atomic E-state index is 12.2. The first-order valence-electron chi connectivity index (χ1n) is 2.64. The molecule has 0 spiro atoms. The monoisotopic (exact) mass is 150 g/mol. The van der Waals surface area contributed by atoms with E-state index in [-0.39, 0.29) is 0 Å². The van der Waals surface area contributed by atoms with E-state index in [4.69, 9.17) is 5.11 Å². The topological polar surface area (TPSA) is 20.2 Å². The number of aliphatic hydroxyl groups is 1. The van der Waals surface area contributed by atoms with Crippen molar-refractivity contribution < 1.29 is 18.3 Å². The summed E-state index contributed by atoms with van der Waals surface area (Å²) in [6, 6.07) is 0. The van der Waals surface area contributed by atoms with Gasteiger partial charge in [-0.15, -0.1) is 0 Å². The van der Waals surface area contributed by atoms with Gasteiger partial charge in [-0.3, -0.25) is 0 Å². The lowest BCUT2D eigenvalue weighted by Crippen LogP contribution is -2.28. The van der Waals surface area contributed by atoms with Gasteiger partial charge in [0, 0.05) is 0 Å². The molecule has 10 heavy (non-hydrogen) atoms. The molecule has 0 aromatic heterocycles. The molecule has 0 aromatic rings. The molecule has 0 saturated heterocycles. The minimum absolute atomic E-state index is 0.340. The Morgan fingerprint density at radius 3 is 2.50 bits per heavy atom. The molecule has 0 saturated carbocycles. The quantitative estimate of drug-likeness (QED) is 0.559. The van der Waals surface area contributed by atoms with Gasteiger partial charge in [-0.25, -0.2) is 4.39 Å². The number of allylic oxidation sites excluding steroid dienone is 3. The van der Waals surface area contributed by atoms with E-state index >= 15 is 0 Å².